The molecular formula is C11H16N4O3S2. The van der Waals surface area contributed by atoms with Gasteiger partial charge in [0.1, 0.15) is 10.6 Å². The van der Waals surface area contributed by atoms with E-state index in [9.17, 15) is 8.42 Å². The van der Waals surface area contributed by atoms with E-state index in [2.05, 4.69) is 19.9 Å². The molecule has 20 heavy (non-hydrogen) atoms. The van der Waals surface area contributed by atoms with Gasteiger partial charge in [0, 0.05) is 4.88 Å². The van der Waals surface area contributed by atoms with Crippen molar-refractivity contribution in [2.24, 2.45) is 0 Å². The van der Waals surface area contributed by atoms with Crippen LogP contribution in [0.2, 0.25) is 0 Å². The number of hydrogen-bond acceptors (Lipinski definition) is 6. The predicted octanol–water partition coefficient (Wildman–Crippen LogP) is 1.34. The molecule has 0 bridgehead atoms. The molecule has 0 fully saturated rings. The van der Waals surface area contributed by atoms with E-state index in [0.717, 1.165) is 17.0 Å². The van der Waals surface area contributed by atoms with E-state index in [1.165, 1.54) is 11.3 Å². The van der Waals surface area contributed by atoms with Crippen molar-refractivity contribution < 1.29 is 13.5 Å². The molecule has 3 N–H and O–H groups in total. The summed E-state index contributed by atoms with van der Waals surface area (Å²) < 4.78 is 27.2. The van der Waals surface area contributed by atoms with Crippen LogP contribution in [0, 0.1) is 13.8 Å². The third kappa shape index (κ3) is 2.69. The van der Waals surface area contributed by atoms with Gasteiger partial charge in [0.25, 0.3) is 10.0 Å². The normalized spacial score (nSPS) is 11.8. The van der Waals surface area contributed by atoms with Gasteiger partial charge in [-0.1, -0.05) is 6.92 Å². The van der Waals surface area contributed by atoms with Crippen LogP contribution in [0.4, 0.5) is 5.13 Å². The maximum Gasteiger partial charge on any atom is 0.267 e. The molecule has 0 saturated carbocycles. The maximum atomic E-state index is 12.4. The Balaban J connectivity index is 2.38. The highest BCUT2D eigenvalue weighted by Crippen LogP contribution is 2.26. The van der Waals surface area contributed by atoms with Crippen LogP contribution < -0.4 is 4.72 Å². The fourth-order valence-electron chi connectivity index (χ4n) is 1.90. The number of aryl methyl sites for hydroxylation is 3. The van der Waals surface area contributed by atoms with Crippen LogP contribution >= 0.6 is 11.3 Å². The lowest BCUT2D eigenvalue weighted by molar-refractivity contribution is 0.273. The summed E-state index contributed by atoms with van der Waals surface area (Å²) in [5.41, 5.74) is 1.35. The molecule has 2 aromatic rings. The van der Waals surface area contributed by atoms with Crippen LogP contribution in [0.15, 0.2) is 4.90 Å². The molecule has 0 amide bonds. The van der Waals surface area contributed by atoms with Crippen LogP contribution in [0.3, 0.4) is 0 Å². The third-order valence-corrected chi connectivity index (χ3v) is 5.43. The summed E-state index contributed by atoms with van der Waals surface area (Å²) >= 11 is 1.29. The number of rotatable bonds is 5. The number of aromatic amines is 1. The predicted molar refractivity (Wildman–Crippen MR) is 76.3 cm³/mol. The minimum absolute atomic E-state index is 0.0223. The SMILES string of the molecule is CCc1nc(NS(=O)(=O)c2c(CO)n[nH]c2C)sc1C. The summed E-state index contributed by atoms with van der Waals surface area (Å²) in [5, 5.41) is 15.8. The monoisotopic (exact) mass is 316 g/mol. The smallest absolute Gasteiger partial charge is 0.267 e. The first-order valence-electron chi connectivity index (χ1n) is 6.02. The summed E-state index contributed by atoms with van der Waals surface area (Å²) in [6.45, 7) is 5.00. The molecule has 0 unspecified atom stereocenters. The Morgan fingerprint density at radius 1 is 1.35 bits per heavy atom. The van der Waals surface area contributed by atoms with E-state index in [1.807, 2.05) is 13.8 Å². The van der Waals surface area contributed by atoms with Crippen LogP contribution in [-0.4, -0.2) is 28.7 Å². The Labute approximate surface area is 121 Å². The van der Waals surface area contributed by atoms with Crippen LogP contribution in [0.5, 0.6) is 0 Å². The first-order chi connectivity index (χ1) is 9.39. The average molecular weight is 316 g/mol. The van der Waals surface area contributed by atoms with Crippen molar-refractivity contribution in [3.63, 3.8) is 0 Å². The number of aliphatic hydroxyl groups is 1. The van der Waals surface area contributed by atoms with Crippen molar-refractivity contribution in [1.82, 2.24) is 15.2 Å². The number of nitrogens with one attached hydrogen (secondary N) is 2. The first-order valence-corrected chi connectivity index (χ1v) is 8.32. The van der Waals surface area contributed by atoms with Crippen molar-refractivity contribution in [2.75, 3.05) is 4.72 Å². The molecule has 0 aromatic carbocycles. The Morgan fingerprint density at radius 3 is 2.60 bits per heavy atom. The number of hydrogen-bond donors (Lipinski definition) is 3. The molecule has 0 atom stereocenters. The van der Waals surface area contributed by atoms with Gasteiger partial charge in [0.15, 0.2) is 5.13 Å². The lowest BCUT2D eigenvalue weighted by Crippen LogP contribution is -2.15. The average Bonchev–Trinajstić information content (AvgIpc) is 2.91. The Kier molecular flexibility index (Phi) is 4.11. The molecule has 0 spiro atoms. The zero-order valence-electron chi connectivity index (χ0n) is 11.4. The molecular weight excluding hydrogens is 300 g/mol. The number of anilines is 1. The molecule has 0 radical (unpaired) electrons. The Morgan fingerprint density at radius 2 is 2.05 bits per heavy atom. The van der Waals surface area contributed by atoms with Gasteiger partial charge in [0.2, 0.25) is 0 Å². The van der Waals surface area contributed by atoms with Gasteiger partial charge in [0.05, 0.1) is 18.0 Å². The maximum absolute atomic E-state index is 12.4. The van der Waals surface area contributed by atoms with E-state index in [0.29, 0.717) is 10.8 Å². The van der Waals surface area contributed by atoms with Gasteiger partial charge >= 0.3 is 0 Å². The molecule has 2 aromatic heterocycles. The van der Waals surface area contributed by atoms with E-state index in [-0.39, 0.29) is 10.6 Å². The van der Waals surface area contributed by atoms with Crippen molar-refractivity contribution in [3.05, 3.63) is 22.0 Å². The Bertz CT molecular complexity index is 718. The van der Waals surface area contributed by atoms with Crippen LogP contribution in [0.25, 0.3) is 0 Å². The summed E-state index contributed by atoms with van der Waals surface area (Å²) in [5.74, 6) is 0. The van der Waals surface area contributed by atoms with Gasteiger partial charge in [-0.2, -0.15) is 5.10 Å². The summed E-state index contributed by atoms with van der Waals surface area (Å²) in [6.07, 6.45) is 0.747. The second-order valence-electron chi connectivity index (χ2n) is 4.26. The lowest BCUT2D eigenvalue weighted by Gasteiger charge is -2.05. The number of H-pyrrole nitrogens is 1. The largest absolute Gasteiger partial charge is 0.390 e. The van der Waals surface area contributed by atoms with Gasteiger partial charge in [-0.15, -0.1) is 11.3 Å². The molecule has 0 aliphatic rings. The topological polar surface area (TPSA) is 108 Å². The number of aliphatic hydroxyl groups excluding tert-OH is 1. The summed E-state index contributed by atoms with van der Waals surface area (Å²) in [4.78, 5) is 5.20. The molecule has 7 nitrogen and oxygen atoms in total. The minimum Gasteiger partial charge on any atom is -0.390 e. The fraction of sp³-hybridized carbons (Fsp3) is 0.455. The van der Waals surface area contributed by atoms with Crippen molar-refractivity contribution in [3.8, 4) is 0 Å². The molecule has 0 aliphatic carbocycles. The standard InChI is InChI=1S/C11H16N4O3S2/c1-4-8-7(3)19-11(12-8)15-20(17,18)10-6(2)13-14-9(10)5-16/h16H,4-5H2,1-3H3,(H,12,15)(H,13,14). The van der Waals surface area contributed by atoms with E-state index in [4.69, 9.17) is 5.11 Å². The molecule has 0 aliphatic heterocycles. The number of nitrogens with zero attached hydrogens (tertiary/aromatic N) is 2. The zero-order valence-corrected chi connectivity index (χ0v) is 13.0. The van der Waals surface area contributed by atoms with Crippen molar-refractivity contribution >= 4 is 26.5 Å². The van der Waals surface area contributed by atoms with E-state index < -0.39 is 16.6 Å². The fourth-order valence-corrected chi connectivity index (χ4v) is 4.39. The molecule has 110 valence electrons. The van der Waals surface area contributed by atoms with Gasteiger partial charge < -0.3 is 5.11 Å². The summed E-state index contributed by atoms with van der Waals surface area (Å²) in [6, 6.07) is 0. The van der Waals surface area contributed by atoms with Gasteiger partial charge in [-0.25, -0.2) is 13.4 Å². The quantitative estimate of drug-likeness (QED) is 0.771. The van der Waals surface area contributed by atoms with Crippen molar-refractivity contribution in [1.29, 1.82) is 0 Å². The Hall–Kier alpha value is -1.45. The molecule has 2 heterocycles. The molecule has 2 rings (SSSR count). The van der Waals surface area contributed by atoms with Crippen molar-refractivity contribution in [2.45, 2.75) is 38.7 Å². The van der Waals surface area contributed by atoms with E-state index in [1.54, 1.807) is 6.92 Å². The molecule has 0 saturated heterocycles. The highest BCUT2D eigenvalue weighted by molar-refractivity contribution is 7.93. The van der Waals surface area contributed by atoms with Crippen LogP contribution in [-0.2, 0) is 23.1 Å². The zero-order chi connectivity index (χ0) is 14.9. The third-order valence-electron chi connectivity index (χ3n) is 2.83. The lowest BCUT2D eigenvalue weighted by atomic mass is 10.3. The van der Waals surface area contributed by atoms with Crippen LogP contribution in [0.1, 0.15) is 28.9 Å². The van der Waals surface area contributed by atoms with E-state index >= 15 is 0 Å². The highest BCUT2D eigenvalue weighted by Gasteiger charge is 2.25. The number of thiazole rings is 1. The second-order valence-corrected chi connectivity index (χ2v) is 7.09. The van der Waals surface area contributed by atoms with Gasteiger partial charge in [-0.05, 0) is 20.3 Å². The number of sulfonamides is 1. The second kappa shape index (κ2) is 5.51. The number of aromatic nitrogens is 3. The molecule has 9 heteroatoms. The minimum atomic E-state index is -3.81. The first kappa shape index (κ1) is 14.9. The highest BCUT2D eigenvalue weighted by atomic mass is 32.2. The summed E-state index contributed by atoms with van der Waals surface area (Å²) in [7, 11) is -3.81. The van der Waals surface area contributed by atoms with Gasteiger partial charge in [-0.3, -0.25) is 9.82 Å².